The fourth-order valence-corrected chi connectivity index (χ4v) is 2.74. The predicted molar refractivity (Wildman–Crippen MR) is 92.4 cm³/mol. The second-order valence-corrected chi connectivity index (χ2v) is 7.55. The van der Waals surface area contributed by atoms with Gasteiger partial charge in [-0.2, -0.15) is 0 Å². The van der Waals surface area contributed by atoms with E-state index in [0.29, 0.717) is 25.3 Å². The van der Waals surface area contributed by atoms with Crippen LogP contribution in [0.5, 0.6) is 0 Å². The number of hydrogen-bond donors (Lipinski definition) is 2. The van der Waals surface area contributed by atoms with Crippen LogP contribution in [-0.4, -0.2) is 24.4 Å². The van der Waals surface area contributed by atoms with Crippen molar-refractivity contribution in [2.75, 3.05) is 6.54 Å². The van der Waals surface area contributed by atoms with Gasteiger partial charge in [-0.15, -0.1) is 0 Å². The van der Waals surface area contributed by atoms with Crippen molar-refractivity contribution < 1.29 is 9.59 Å². The molecule has 0 aliphatic heterocycles. The molecular weight excluding hydrogens is 312 g/mol. The summed E-state index contributed by atoms with van der Waals surface area (Å²) < 4.78 is 0. The van der Waals surface area contributed by atoms with E-state index in [2.05, 4.69) is 10.6 Å². The van der Waals surface area contributed by atoms with E-state index >= 15 is 0 Å². The predicted octanol–water partition coefficient (Wildman–Crippen LogP) is 3.25. The summed E-state index contributed by atoms with van der Waals surface area (Å²) in [6, 6.07) is 7.96. The van der Waals surface area contributed by atoms with Crippen molar-refractivity contribution in [3.63, 3.8) is 0 Å². The lowest BCUT2D eigenvalue weighted by molar-refractivity contribution is -0.128. The molecule has 0 heterocycles. The molecule has 126 valence electrons. The molecule has 1 aromatic carbocycles. The Morgan fingerprint density at radius 3 is 2.61 bits per heavy atom. The molecule has 2 N–H and O–H groups in total. The summed E-state index contributed by atoms with van der Waals surface area (Å²) in [5, 5.41) is 6.65. The van der Waals surface area contributed by atoms with E-state index in [1.807, 2.05) is 45.0 Å². The van der Waals surface area contributed by atoms with Crippen LogP contribution in [0.4, 0.5) is 0 Å². The minimum atomic E-state index is -0.390. The zero-order valence-corrected chi connectivity index (χ0v) is 14.7. The van der Waals surface area contributed by atoms with Crippen LogP contribution < -0.4 is 10.6 Å². The Kier molecular flexibility index (Phi) is 5.69. The molecule has 2 atom stereocenters. The van der Waals surface area contributed by atoms with Crippen molar-refractivity contribution in [2.45, 2.75) is 52.0 Å². The Labute approximate surface area is 143 Å². The first-order valence-electron chi connectivity index (χ1n) is 8.11. The van der Waals surface area contributed by atoms with Gasteiger partial charge < -0.3 is 10.6 Å². The van der Waals surface area contributed by atoms with Crippen LogP contribution in [0.2, 0.25) is 5.02 Å². The van der Waals surface area contributed by atoms with E-state index in [1.165, 1.54) is 0 Å². The van der Waals surface area contributed by atoms with E-state index in [4.69, 9.17) is 11.6 Å². The Morgan fingerprint density at radius 2 is 1.96 bits per heavy atom. The number of rotatable bonds is 6. The minimum absolute atomic E-state index is 0.0129. The molecule has 1 fully saturated rings. The molecule has 1 aliphatic rings. The molecule has 0 unspecified atom stereocenters. The van der Waals surface area contributed by atoms with Gasteiger partial charge in [0.1, 0.15) is 0 Å². The topological polar surface area (TPSA) is 58.2 Å². The molecule has 5 heteroatoms. The molecule has 0 radical (unpaired) electrons. The summed E-state index contributed by atoms with van der Waals surface area (Å²) in [6.07, 6.45) is 2.02. The van der Waals surface area contributed by atoms with Gasteiger partial charge in [-0.1, -0.05) is 50.6 Å². The molecule has 1 aromatic rings. The van der Waals surface area contributed by atoms with Crippen LogP contribution in [-0.2, 0) is 9.59 Å². The number of carbonyl (C=O) groups excluding carboxylic acids is 2. The first-order valence-corrected chi connectivity index (χ1v) is 8.49. The Morgan fingerprint density at radius 1 is 1.26 bits per heavy atom. The molecule has 23 heavy (non-hydrogen) atoms. The van der Waals surface area contributed by atoms with Crippen molar-refractivity contribution >= 4 is 23.4 Å². The maximum absolute atomic E-state index is 11.9. The summed E-state index contributed by atoms with van der Waals surface area (Å²) in [4.78, 5) is 23.6. The van der Waals surface area contributed by atoms with Crippen molar-refractivity contribution in [3.05, 3.63) is 34.9 Å². The van der Waals surface area contributed by atoms with Gasteiger partial charge in [-0.05, 0) is 24.5 Å². The lowest BCUT2D eigenvalue weighted by atomic mass is 9.96. The smallest absolute Gasteiger partial charge is 0.225 e. The molecule has 0 spiro atoms. The van der Waals surface area contributed by atoms with Crippen LogP contribution in [0.1, 0.15) is 51.5 Å². The van der Waals surface area contributed by atoms with Crippen molar-refractivity contribution in [2.24, 2.45) is 5.41 Å². The standard InChI is InChI=1S/C18H25ClN2O2/c1-18(2,3)17(23)20-10-6-9-16(22)21-15-11-13(15)12-7-4-5-8-14(12)19/h4-5,7-8,13,15H,6,9-11H2,1-3H3,(H,20,23)(H,21,22)/t13-,15+/m1/s1. The number of benzene rings is 1. The largest absolute Gasteiger partial charge is 0.356 e. The zero-order chi connectivity index (χ0) is 17.0. The Hall–Kier alpha value is -1.55. The number of nitrogens with one attached hydrogen (secondary N) is 2. The zero-order valence-electron chi connectivity index (χ0n) is 14.0. The Balaban J connectivity index is 1.65. The second kappa shape index (κ2) is 7.35. The molecule has 1 aliphatic carbocycles. The van der Waals surface area contributed by atoms with Crippen LogP contribution in [0.3, 0.4) is 0 Å². The summed E-state index contributed by atoms with van der Waals surface area (Å²) in [6.45, 7) is 6.15. The van der Waals surface area contributed by atoms with E-state index in [9.17, 15) is 9.59 Å². The van der Waals surface area contributed by atoms with Gasteiger partial charge in [0.05, 0.1) is 0 Å². The highest BCUT2D eigenvalue weighted by atomic mass is 35.5. The summed E-state index contributed by atoms with van der Waals surface area (Å²) in [5.41, 5.74) is 0.718. The van der Waals surface area contributed by atoms with E-state index < -0.39 is 5.41 Å². The van der Waals surface area contributed by atoms with Crippen LogP contribution in [0, 0.1) is 5.41 Å². The summed E-state index contributed by atoms with van der Waals surface area (Å²) in [7, 11) is 0. The first-order chi connectivity index (χ1) is 10.8. The lowest BCUT2D eigenvalue weighted by Crippen LogP contribution is -2.36. The third kappa shape index (κ3) is 5.24. The van der Waals surface area contributed by atoms with E-state index in [-0.39, 0.29) is 17.9 Å². The average molecular weight is 337 g/mol. The molecule has 4 nitrogen and oxygen atoms in total. The third-order valence-corrected chi connectivity index (χ3v) is 4.33. The molecule has 0 bridgehead atoms. The monoisotopic (exact) mass is 336 g/mol. The highest BCUT2D eigenvalue weighted by molar-refractivity contribution is 6.31. The minimum Gasteiger partial charge on any atom is -0.356 e. The highest BCUT2D eigenvalue weighted by Crippen LogP contribution is 2.43. The fourth-order valence-electron chi connectivity index (χ4n) is 2.47. The molecular formula is C18H25ClN2O2. The average Bonchev–Trinajstić information content (AvgIpc) is 3.21. The number of hydrogen-bond acceptors (Lipinski definition) is 2. The SMILES string of the molecule is CC(C)(C)C(=O)NCCCC(=O)N[C@H]1C[C@@H]1c1ccccc1Cl. The van der Waals surface area contributed by atoms with Gasteiger partial charge in [-0.25, -0.2) is 0 Å². The van der Waals surface area contributed by atoms with Crippen molar-refractivity contribution in [1.29, 1.82) is 0 Å². The van der Waals surface area contributed by atoms with Gasteiger partial charge in [0, 0.05) is 35.4 Å². The number of amides is 2. The molecule has 1 saturated carbocycles. The van der Waals surface area contributed by atoms with Crippen LogP contribution in [0.15, 0.2) is 24.3 Å². The molecule has 0 saturated heterocycles. The van der Waals surface area contributed by atoms with Crippen LogP contribution in [0.25, 0.3) is 0 Å². The van der Waals surface area contributed by atoms with Crippen molar-refractivity contribution in [3.8, 4) is 0 Å². The lowest BCUT2D eigenvalue weighted by Gasteiger charge is -2.17. The van der Waals surface area contributed by atoms with Gasteiger partial charge >= 0.3 is 0 Å². The van der Waals surface area contributed by atoms with E-state index in [1.54, 1.807) is 0 Å². The fraction of sp³-hybridized carbons (Fsp3) is 0.556. The quantitative estimate of drug-likeness (QED) is 0.783. The van der Waals surface area contributed by atoms with Crippen LogP contribution >= 0.6 is 11.6 Å². The first kappa shape index (κ1) is 17.8. The van der Waals surface area contributed by atoms with E-state index in [0.717, 1.165) is 17.0 Å². The maximum Gasteiger partial charge on any atom is 0.225 e. The maximum atomic E-state index is 11.9. The van der Waals surface area contributed by atoms with Gasteiger partial charge in [0.15, 0.2) is 0 Å². The normalized spacial score (nSPS) is 20.0. The summed E-state index contributed by atoms with van der Waals surface area (Å²) in [5.74, 6) is 0.377. The number of halogens is 1. The van der Waals surface area contributed by atoms with Crippen molar-refractivity contribution in [1.82, 2.24) is 10.6 Å². The number of carbonyl (C=O) groups is 2. The van der Waals surface area contributed by atoms with Gasteiger partial charge in [0.25, 0.3) is 0 Å². The third-order valence-electron chi connectivity index (χ3n) is 3.99. The molecule has 2 rings (SSSR count). The summed E-state index contributed by atoms with van der Waals surface area (Å²) >= 11 is 6.18. The second-order valence-electron chi connectivity index (χ2n) is 7.15. The van der Waals surface area contributed by atoms with Gasteiger partial charge in [-0.3, -0.25) is 9.59 Å². The molecule has 0 aromatic heterocycles. The molecule has 2 amide bonds. The highest BCUT2D eigenvalue weighted by Gasteiger charge is 2.40. The van der Waals surface area contributed by atoms with Gasteiger partial charge in [0.2, 0.25) is 11.8 Å². The Bertz CT molecular complexity index is 581.